The largest absolute Gasteiger partial charge is 0.496 e. The summed E-state index contributed by atoms with van der Waals surface area (Å²) in [5, 5.41) is 4.19. The van der Waals surface area contributed by atoms with Gasteiger partial charge in [-0.2, -0.15) is 5.10 Å². The van der Waals surface area contributed by atoms with Crippen LogP contribution in [0.15, 0.2) is 63.7 Å². The van der Waals surface area contributed by atoms with Crippen molar-refractivity contribution in [2.24, 2.45) is 0 Å². The van der Waals surface area contributed by atoms with Crippen molar-refractivity contribution in [3.8, 4) is 11.5 Å². The molecule has 1 aromatic heterocycles. The van der Waals surface area contributed by atoms with E-state index in [1.165, 1.54) is 0 Å². The van der Waals surface area contributed by atoms with E-state index < -0.39 is 0 Å². The zero-order chi connectivity index (χ0) is 20.8. The number of ether oxygens (including phenoxy) is 2. The molecule has 0 aliphatic rings. The van der Waals surface area contributed by atoms with Crippen molar-refractivity contribution in [3.05, 3.63) is 80.5 Å². The second-order valence-corrected chi connectivity index (χ2v) is 7.94. The number of allylic oxidation sites excluding steroid dienone is 1. The molecule has 0 saturated heterocycles. The maximum atomic E-state index is 12.6. The summed E-state index contributed by atoms with van der Waals surface area (Å²) in [6, 6.07) is 13.4. The van der Waals surface area contributed by atoms with Crippen LogP contribution >= 0.6 is 31.9 Å². The molecule has 0 N–H and O–H groups in total. The van der Waals surface area contributed by atoms with Crippen LogP contribution < -0.4 is 9.47 Å². The second kappa shape index (κ2) is 9.89. The minimum absolute atomic E-state index is 0.112. The number of benzene rings is 2. The molecule has 7 heteroatoms. The van der Waals surface area contributed by atoms with Crippen molar-refractivity contribution < 1.29 is 14.3 Å². The summed E-state index contributed by atoms with van der Waals surface area (Å²) in [5.74, 6) is 1.38. The van der Waals surface area contributed by atoms with Crippen molar-refractivity contribution in [1.82, 2.24) is 9.78 Å². The quantitative estimate of drug-likeness (QED) is 0.274. The third-order valence-electron chi connectivity index (χ3n) is 4.25. The Morgan fingerprint density at radius 3 is 2.76 bits per heavy atom. The van der Waals surface area contributed by atoms with Crippen molar-refractivity contribution in [1.29, 1.82) is 0 Å². The number of aryl methyl sites for hydroxylation is 1. The zero-order valence-corrected chi connectivity index (χ0v) is 19.2. The number of carbonyl (C=O) groups is 1. The number of hydrogen-bond donors (Lipinski definition) is 0. The fraction of sp³-hybridized carbons (Fsp3) is 0.182. The molecule has 0 amide bonds. The van der Waals surface area contributed by atoms with Gasteiger partial charge in [-0.15, -0.1) is 0 Å². The van der Waals surface area contributed by atoms with Gasteiger partial charge >= 0.3 is 0 Å². The van der Waals surface area contributed by atoms with E-state index in [0.29, 0.717) is 23.3 Å². The molecule has 150 valence electrons. The molecule has 0 bridgehead atoms. The van der Waals surface area contributed by atoms with Crippen LogP contribution in [0.4, 0.5) is 0 Å². The lowest BCUT2D eigenvalue weighted by molar-refractivity contribution is 0.103. The van der Waals surface area contributed by atoms with Crippen LogP contribution in [0, 0.1) is 0 Å². The van der Waals surface area contributed by atoms with Crippen LogP contribution in [-0.4, -0.2) is 22.7 Å². The van der Waals surface area contributed by atoms with Gasteiger partial charge in [0.15, 0.2) is 0 Å². The van der Waals surface area contributed by atoms with Crippen LogP contribution in [-0.2, 0) is 13.2 Å². The van der Waals surface area contributed by atoms with Crippen LogP contribution in [0.2, 0.25) is 0 Å². The van der Waals surface area contributed by atoms with Crippen LogP contribution in [0.3, 0.4) is 0 Å². The third kappa shape index (κ3) is 5.36. The molecule has 0 radical (unpaired) electrons. The summed E-state index contributed by atoms with van der Waals surface area (Å²) >= 11 is 6.83. The fourth-order valence-corrected chi connectivity index (χ4v) is 3.70. The first kappa shape index (κ1) is 21.3. The Hall–Kier alpha value is -2.38. The molecule has 0 aliphatic heterocycles. The lowest BCUT2D eigenvalue weighted by atomic mass is 10.1. The Balaban J connectivity index is 1.78. The van der Waals surface area contributed by atoms with Gasteiger partial charge in [0.2, 0.25) is 5.78 Å². The van der Waals surface area contributed by atoms with Crippen LogP contribution in [0.5, 0.6) is 11.5 Å². The highest BCUT2D eigenvalue weighted by atomic mass is 79.9. The van der Waals surface area contributed by atoms with Gasteiger partial charge in [0.1, 0.15) is 23.8 Å². The summed E-state index contributed by atoms with van der Waals surface area (Å²) in [7, 11) is 1.63. The molecular formula is C22H20Br2N2O3. The van der Waals surface area contributed by atoms with Gasteiger partial charge in [0.25, 0.3) is 0 Å². The number of carbonyl (C=O) groups excluding carboxylic acids is 1. The fourth-order valence-electron chi connectivity index (χ4n) is 2.83. The van der Waals surface area contributed by atoms with Crippen molar-refractivity contribution >= 4 is 43.7 Å². The van der Waals surface area contributed by atoms with E-state index in [4.69, 9.17) is 9.47 Å². The van der Waals surface area contributed by atoms with Crippen LogP contribution in [0.25, 0.3) is 6.08 Å². The Morgan fingerprint density at radius 1 is 1.21 bits per heavy atom. The Kier molecular flexibility index (Phi) is 7.28. The van der Waals surface area contributed by atoms with Gasteiger partial charge in [-0.1, -0.05) is 34.1 Å². The summed E-state index contributed by atoms with van der Waals surface area (Å²) in [5.41, 5.74) is 2.31. The van der Waals surface area contributed by atoms with Gasteiger partial charge in [0, 0.05) is 16.6 Å². The molecule has 0 fully saturated rings. The number of rotatable bonds is 8. The maximum absolute atomic E-state index is 12.6. The smallest absolute Gasteiger partial charge is 0.205 e. The van der Waals surface area contributed by atoms with E-state index in [9.17, 15) is 4.79 Å². The predicted molar refractivity (Wildman–Crippen MR) is 120 cm³/mol. The average molecular weight is 520 g/mol. The Morgan fingerprint density at radius 2 is 2.03 bits per heavy atom. The minimum Gasteiger partial charge on any atom is -0.496 e. The molecule has 0 saturated carbocycles. The van der Waals surface area contributed by atoms with Crippen molar-refractivity contribution in [3.63, 3.8) is 0 Å². The first-order valence-electron chi connectivity index (χ1n) is 9.00. The van der Waals surface area contributed by atoms with Crippen molar-refractivity contribution in [2.75, 3.05) is 7.11 Å². The van der Waals surface area contributed by atoms with Gasteiger partial charge in [-0.25, -0.2) is 0 Å². The van der Waals surface area contributed by atoms with E-state index in [1.54, 1.807) is 30.1 Å². The zero-order valence-electron chi connectivity index (χ0n) is 16.1. The molecule has 2 aromatic carbocycles. The minimum atomic E-state index is -0.112. The third-order valence-corrected chi connectivity index (χ3v) is 5.32. The lowest BCUT2D eigenvalue weighted by Crippen LogP contribution is -2.07. The van der Waals surface area contributed by atoms with E-state index in [2.05, 4.69) is 37.0 Å². The van der Waals surface area contributed by atoms with Crippen molar-refractivity contribution in [2.45, 2.75) is 20.1 Å². The molecule has 29 heavy (non-hydrogen) atoms. The number of nitrogens with zero attached hydrogens (tertiary/aromatic N) is 2. The first-order chi connectivity index (χ1) is 14.0. The molecule has 0 atom stereocenters. The summed E-state index contributed by atoms with van der Waals surface area (Å²) in [4.78, 5) is 12.6. The standard InChI is InChI=1S/C22H20Br2N2O3/c1-3-26-22(19(24)13-25-26)20(27)9-7-15-8-10-21(28-2)16(11-15)14-29-18-6-4-5-17(23)12-18/h4-13H,3,14H2,1-2H3/b9-7+. The molecule has 0 spiro atoms. The molecule has 1 heterocycles. The topological polar surface area (TPSA) is 53.4 Å². The first-order valence-corrected chi connectivity index (χ1v) is 10.6. The number of methoxy groups -OCH3 is 1. The lowest BCUT2D eigenvalue weighted by Gasteiger charge is -2.11. The van der Waals surface area contributed by atoms with Gasteiger partial charge in [-0.05, 0) is 64.8 Å². The van der Waals surface area contributed by atoms with Gasteiger partial charge in [0.05, 0.1) is 17.8 Å². The summed E-state index contributed by atoms with van der Waals surface area (Å²) in [6.45, 7) is 2.92. The average Bonchev–Trinajstić information content (AvgIpc) is 3.11. The SMILES string of the molecule is CCn1ncc(Br)c1C(=O)/C=C/c1ccc(OC)c(COc2cccc(Br)c2)c1. The highest BCUT2D eigenvalue weighted by molar-refractivity contribution is 9.10. The molecule has 0 aliphatic carbocycles. The summed E-state index contributed by atoms with van der Waals surface area (Å²) in [6.07, 6.45) is 4.97. The maximum Gasteiger partial charge on any atom is 0.205 e. The Bertz CT molecular complexity index is 1040. The number of hydrogen-bond acceptors (Lipinski definition) is 4. The molecule has 5 nitrogen and oxygen atoms in total. The monoisotopic (exact) mass is 518 g/mol. The van der Waals surface area contributed by atoms with E-state index in [1.807, 2.05) is 49.4 Å². The number of aromatic nitrogens is 2. The summed E-state index contributed by atoms with van der Waals surface area (Å²) < 4.78 is 14.6. The van der Waals surface area contributed by atoms with E-state index >= 15 is 0 Å². The normalized spacial score (nSPS) is 11.0. The van der Waals surface area contributed by atoms with Gasteiger partial charge < -0.3 is 9.47 Å². The number of ketones is 1. The molecule has 3 rings (SSSR count). The number of halogens is 2. The van der Waals surface area contributed by atoms with Crippen LogP contribution in [0.1, 0.15) is 28.5 Å². The molecular weight excluding hydrogens is 500 g/mol. The highest BCUT2D eigenvalue weighted by Gasteiger charge is 2.14. The van der Waals surface area contributed by atoms with E-state index in [0.717, 1.165) is 27.1 Å². The highest BCUT2D eigenvalue weighted by Crippen LogP contribution is 2.25. The molecule has 3 aromatic rings. The molecule has 0 unspecified atom stereocenters. The predicted octanol–water partition coefficient (Wildman–Crippen LogP) is 5.91. The second-order valence-electron chi connectivity index (χ2n) is 6.17. The van der Waals surface area contributed by atoms with E-state index in [-0.39, 0.29) is 5.78 Å². The van der Waals surface area contributed by atoms with Gasteiger partial charge in [-0.3, -0.25) is 9.48 Å². The Labute approximate surface area is 186 Å².